The zero-order valence-electron chi connectivity index (χ0n) is 14.6. The number of rotatable bonds is 6. The monoisotopic (exact) mass is 373 g/mol. The molecule has 0 unspecified atom stereocenters. The van der Waals surface area contributed by atoms with E-state index in [2.05, 4.69) is 15.5 Å². The number of hydrogen-bond donors (Lipinski definition) is 1. The maximum absolute atomic E-state index is 12.6. The lowest BCUT2D eigenvalue weighted by Gasteiger charge is -2.12. The van der Waals surface area contributed by atoms with Crippen molar-refractivity contribution in [2.24, 2.45) is 0 Å². The van der Waals surface area contributed by atoms with Gasteiger partial charge in [-0.2, -0.15) is 0 Å². The predicted octanol–water partition coefficient (Wildman–Crippen LogP) is 1.63. The Labute approximate surface area is 153 Å². The van der Waals surface area contributed by atoms with Crippen molar-refractivity contribution in [2.75, 3.05) is 5.32 Å². The highest BCUT2D eigenvalue weighted by atomic mass is 32.1. The van der Waals surface area contributed by atoms with Crippen molar-refractivity contribution in [1.82, 2.24) is 19.3 Å². The lowest BCUT2D eigenvalue weighted by molar-refractivity contribution is -0.116. The third kappa shape index (κ3) is 3.43. The van der Waals surface area contributed by atoms with Crippen molar-refractivity contribution >= 4 is 33.3 Å². The number of para-hydroxylation sites is 1. The summed E-state index contributed by atoms with van der Waals surface area (Å²) < 4.78 is 2.43. The van der Waals surface area contributed by atoms with Crippen LogP contribution in [0.2, 0.25) is 0 Å². The molecule has 1 aromatic carbocycles. The molecular formula is C17H19N5O3S. The molecule has 0 aliphatic heterocycles. The number of hydrogen-bond acceptors (Lipinski definition) is 6. The topological polar surface area (TPSA) is 98.9 Å². The first-order valence-electron chi connectivity index (χ1n) is 8.39. The molecule has 2 heterocycles. The van der Waals surface area contributed by atoms with Crippen molar-refractivity contribution in [3.8, 4) is 0 Å². The predicted molar refractivity (Wildman–Crippen MR) is 101 cm³/mol. The molecule has 1 amide bonds. The number of carbonyl (C=O) groups excluding carboxylic acids is 1. The van der Waals surface area contributed by atoms with Gasteiger partial charge in [-0.1, -0.05) is 30.4 Å². The summed E-state index contributed by atoms with van der Waals surface area (Å²) in [6.07, 6.45) is 1.75. The summed E-state index contributed by atoms with van der Waals surface area (Å²) in [7, 11) is 0. The molecule has 0 atom stereocenters. The Balaban J connectivity index is 1.93. The maximum atomic E-state index is 12.6. The third-order valence-corrected chi connectivity index (χ3v) is 4.83. The number of fused-ring (bicyclic) bond motifs is 1. The minimum Gasteiger partial charge on any atom is -0.299 e. The summed E-state index contributed by atoms with van der Waals surface area (Å²) in [5.74, 6) is -0.391. The Hall–Kier alpha value is -2.81. The Morgan fingerprint density at radius 2 is 1.92 bits per heavy atom. The van der Waals surface area contributed by atoms with Crippen molar-refractivity contribution in [3.63, 3.8) is 0 Å². The summed E-state index contributed by atoms with van der Waals surface area (Å²) in [4.78, 5) is 37.4. The Morgan fingerprint density at radius 3 is 2.65 bits per heavy atom. The van der Waals surface area contributed by atoms with Crippen LogP contribution >= 0.6 is 11.3 Å². The minimum absolute atomic E-state index is 0.206. The zero-order valence-corrected chi connectivity index (χ0v) is 15.4. The first-order valence-corrected chi connectivity index (χ1v) is 9.21. The first kappa shape index (κ1) is 18.0. The molecule has 136 valence electrons. The van der Waals surface area contributed by atoms with Crippen molar-refractivity contribution in [2.45, 2.75) is 39.8 Å². The van der Waals surface area contributed by atoms with Gasteiger partial charge in [0.1, 0.15) is 11.6 Å². The lowest BCUT2D eigenvalue weighted by Crippen LogP contribution is -2.41. The van der Waals surface area contributed by atoms with E-state index in [-0.39, 0.29) is 18.6 Å². The standard InChI is InChI=1S/C17H19N5O3S/c1-3-7-14-19-20-16(26-14)18-13(23)10-22-12-9-6-5-8-11(12)15(24)21(4-2)17(22)25/h5-6,8-9H,3-4,7,10H2,1-2H3,(H,18,20,23). The molecule has 9 heteroatoms. The molecule has 0 saturated heterocycles. The van der Waals surface area contributed by atoms with Crippen LogP contribution in [-0.4, -0.2) is 25.2 Å². The summed E-state index contributed by atoms with van der Waals surface area (Å²) in [5.41, 5.74) is -0.417. The van der Waals surface area contributed by atoms with Crippen LogP contribution in [0.4, 0.5) is 5.13 Å². The minimum atomic E-state index is -0.504. The molecule has 0 aliphatic rings. The fourth-order valence-electron chi connectivity index (χ4n) is 2.72. The van der Waals surface area contributed by atoms with Gasteiger partial charge in [0.15, 0.2) is 0 Å². The van der Waals surface area contributed by atoms with Crippen molar-refractivity contribution in [3.05, 3.63) is 50.1 Å². The van der Waals surface area contributed by atoms with Crippen LogP contribution in [-0.2, 0) is 24.3 Å². The fourth-order valence-corrected chi connectivity index (χ4v) is 3.58. The second-order valence-electron chi connectivity index (χ2n) is 5.73. The molecule has 0 saturated carbocycles. The van der Waals surface area contributed by atoms with Crippen molar-refractivity contribution in [1.29, 1.82) is 0 Å². The molecule has 0 spiro atoms. The van der Waals surface area contributed by atoms with Gasteiger partial charge >= 0.3 is 5.69 Å². The van der Waals surface area contributed by atoms with Crippen LogP contribution < -0.4 is 16.6 Å². The quantitative estimate of drug-likeness (QED) is 0.708. The number of aryl methyl sites for hydroxylation is 1. The van der Waals surface area contributed by atoms with Crippen LogP contribution in [0.25, 0.3) is 10.9 Å². The van der Waals surface area contributed by atoms with Gasteiger partial charge in [0.05, 0.1) is 10.9 Å². The van der Waals surface area contributed by atoms with E-state index in [0.717, 1.165) is 22.4 Å². The molecule has 0 bridgehead atoms. The SMILES string of the molecule is CCCc1nnc(NC(=O)Cn2c(=O)n(CC)c(=O)c3ccccc32)s1. The fraction of sp³-hybridized carbons (Fsp3) is 0.353. The van der Waals surface area contributed by atoms with E-state index >= 15 is 0 Å². The van der Waals surface area contributed by atoms with Crippen molar-refractivity contribution < 1.29 is 4.79 Å². The van der Waals surface area contributed by atoms with E-state index in [9.17, 15) is 14.4 Å². The number of anilines is 1. The smallest absolute Gasteiger partial charge is 0.299 e. The number of benzene rings is 1. The largest absolute Gasteiger partial charge is 0.331 e. The van der Waals surface area contributed by atoms with E-state index in [1.165, 1.54) is 15.9 Å². The lowest BCUT2D eigenvalue weighted by atomic mass is 10.2. The van der Waals surface area contributed by atoms with Gasteiger partial charge in [-0.15, -0.1) is 10.2 Å². The molecule has 3 rings (SSSR count). The number of nitrogens with zero attached hydrogens (tertiary/aromatic N) is 4. The normalized spacial score (nSPS) is 11.0. The summed E-state index contributed by atoms with van der Waals surface area (Å²) in [5, 5.41) is 12.3. The summed E-state index contributed by atoms with van der Waals surface area (Å²) in [6, 6.07) is 6.78. The maximum Gasteiger partial charge on any atom is 0.331 e. The molecule has 2 aromatic heterocycles. The summed E-state index contributed by atoms with van der Waals surface area (Å²) in [6.45, 7) is 3.79. The van der Waals surface area contributed by atoms with E-state index in [1.54, 1.807) is 31.2 Å². The van der Waals surface area contributed by atoms with E-state index in [1.807, 2.05) is 6.92 Å². The molecule has 0 radical (unpaired) electrons. The molecule has 8 nitrogen and oxygen atoms in total. The number of amides is 1. The average Bonchev–Trinajstić information content (AvgIpc) is 3.06. The van der Waals surface area contributed by atoms with E-state index < -0.39 is 11.6 Å². The second kappa shape index (κ2) is 7.61. The molecular weight excluding hydrogens is 354 g/mol. The van der Waals surface area contributed by atoms with Crippen LogP contribution in [0.15, 0.2) is 33.9 Å². The molecule has 0 aliphatic carbocycles. The van der Waals surface area contributed by atoms with Crippen LogP contribution in [0.5, 0.6) is 0 Å². The van der Waals surface area contributed by atoms with Gasteiger partial charge in [-0.25, -0.2) is 4.79 Å². The van der Waals surface area contributed by atoms with Crippen LogP contribution in [0.1, 0.15) is 25.3 Å². The molecule has 3 aromatic rings. The highest BCUT2D eigenvalue weighted by molar-refractivity contribution is 7.15. The number of nitrogens with one attached hydrogen (secondary N) is 1. The average molecular weight is 373 g/mol. The summed E-state index contributed by atoms with van der Waals surface area (Å²) >= 11 is 1.32. The van der Waals surface area contributed by atoms with Gasteiger partial charge in [0, 0.05) is 13.0 Å². The Morgan fingerprint density at radius 1 is 1.15 bits per heavy atom. The molecule has 1 N–H and O–H groups in total. The first-order chi connectivity index (χ1) is 12.5. The van der Waals surface area contributed by atoms with Gasteiger partial charge in [0.25, 0.3) is 5.56 Å². The van der Waals surface area contributed by atoms with Gasteiger partial charge in [0.2, 0.25) is 11.0 Å². The Bertz CT molecular complexity index is 1070. The van der Waals surface area contributed by atoms with Crippen LogP contribution in [0, 0.1) is 0 Å². The molecule has 26 heavy (non-hydrogen) atoms. The Kier molecular flexibility index (Phi) is 5.27. The second-order valence-corrected chi connectivity index (χ2v) is 6.80. The van der Waals surface area contributed by atoms with E-state index in [0.29, 0.717) is 16.0 Å². The number of aromatic nitrogens is 4. The third-order valence-electron chi connectivity index (χ3n) is 3.93. The van der Waals surface area contributed by atoms with Gasteiger partial charge < -0.3 is 0 Å². The van der Waals surface area contributed by atoms with Gasteiger partial charge in [-0.05, 0) is 25.5 Å². The molecule has 0 fully saturated rings. The highest BCUT2D eigenvalue weighted by Gasteiger charge is 2.15. The van der Waals surface area contributed by atoms with Crippen LogP contribution in [0.3, 0.4) is 0 Å². The van der Waals surface area contributed by atoms with E-state index in [4.69, 9.17) is 0 Å². The zero-order chi connectivity index (χ0) is 18.7. The number of carbonyl (C=O) groups is 1. The van der Waals surface area contributed by atoms with Gasteiger partial charge in [-0.3, -0.25) is 24.0 Å². The highest BCUT2D eigenvalue weighted by Crippen LogP contribution is 2.16.